The van der Waals surface area contributed by atoms with Crippen LogP contribution >= 0.6 is 15.9 Å². The monoisotopic (exact) mass is 295 g/mol. The van der Waals surface area contributed by atoms with E-state index in [1.54, 1.807) is 17.1 Å². The molecule has 1 saturated heterocycles. The summed E-state index contributed by atoms with van der Waals surface area (Å²) >= 11 is 3.42. The van der Waals surface area contributed by atoms with E-state index >= 15 is 0 Å². The predicted octanol–water partition coefficient (Wildman–Crippen LogP) is 2.06. The molecule has 1 N–H and O–H groups in total. The fraction of sp³-hybridized carbons (Fsp3) is 0.308. The molecule has 0 aliphatic carbocycles. The van der Waals surface area contributed by atoms with E-state index in [-0.39, 0.29) is 12.0 Å². The number of aliphatic hydroxyl groups excluding tert-OH is 1. The van der Waals surface area contributed by atoms with Gasteiger partial charge in [0.25, 0.3) is 0 Å². The van der Waals surface area contributed by atoms with Crippen molar-refractivity contribution in [3.8, 4) is 0 Å². The number of likely N-dealkylation sites (tertiary alicyclic amines) is 1. The van der Waals surface area contributed by atoms with E-state index in [0.717, 1.165) is 10.0 Å². The Kier molecular flexibility index (Phi) is 3.97. The molecule has 0 radical (unpaired) electrons. The molecule has 1 fully saturated rings. The first kappa shape index (κ1) is 12.3. The third-order valence-electron chi connectivity index (χ3n) is 2.79. The summed E-state index contributed by atoms with van der Waals surface area (Å²) in [5.41, 5.74) is 0.973. The van der Waals surface area contributed by atoms with Crippen LogP contribution in [0, 0.1) is 0 Å². The molecule has 0 spiro atoms. The fourth-order valence-electron chi connectivity index (χ4n) is 1.82. The van der Waals surface area contributed by atoms with Gasteiger partial charge >= 0.3 is 0 Å². The lowest BCUT2D eigenvalue weighted by atomic mass is 10.2. The Balaban J connectivity index is 2.01. The zero-order chi connectivity index (χ0) is 12.3. The van der Waals surface area contributed by atoms with Gasteiger partial charge in [0.15, 0.2) is 0 Å². The Morgan fingerprint density at radius 1 is 1.47 bits per heavy atom. The molecule has 17 heavy (non-hydrogen) atoms. The highest BCUT2D eigenvalue weighted by Gasteiger charge is 2.22. The molecule has 1 aliphatic heterocycles. The zero-order valence-electron chi connectivity index (χ0n) is 9.34. The highest BCUT2D eigenvalue weighted by Crippen LogP contribution is 2.17. The van der Waals surface area contributed by atoms with Crippen LogP contribution in [0.5, 0.6) is 0 Å². The van der Waals surface area contributed by atoms with E-state index in [0.29, 0.717) is 19.5 Å². The molecule has 3 nitrogen and oxygen atoms in total. The summed E-state index contributed by atoms with van der Waals surface area (Å²) in [5.74, 6) is -0.0442. The van der Waals surface area contributed by atoms with Crippen LogP contribution in [0.3, 0.4) is 0 Å². The average molecular weight is 296 g/mol. The SMILES string of the molecule is O=C(C=Cc1ccccc1Br)N1CCC(O)C1. The highest BCUT2D eigenvalue weighted by atomic mass is 79.9. The number of nitrogens with zero attached hydrogens (tertiary/aromatic N) is 1. The van der Waals surface area contributed by atoms with Gasteiger partial charge in [0.1, 0.15) is 0 Å². The normalized spacial score (nSPS) is 20.1. The topological polar surface area (TPSA) is 40.5 Å². The van der Waals surface area contributed by atoms with Crippen LogP contribution in [0.25, 0.3) is 6.08 Å². The minimum Gasteiger partial charge on any atom is -0.391 e. The molecule has 90 valence electrons. The Bertz CT molecular complexity index is 445. The summed E-state index contributed by atoms with van der Waals surface area (Å²) in [7, 11) is 0. The lowest BCUT2D eigenvalue weighted by Crippen LogP contribution is -2.27. The summed E-state index contributed by atoms with van der Waals surface area (Å²) in [6.45, 7) is 1.08. The fourth-order valence-corrected chi connectivity index (χ4v) is 2.24. The molecule has 1 aromatic carbocycles. The third kappa shape index (κ3) is 3.17. The standard InChI is InChI=1S/C13H14BrNO2/c14-12-4-2-1-3-10(12)5-6-13(17)15-8-7-11(16)9-15/h1-6,11,16H,7-9H2. The van der Waals surface area contributed by atoms with Gasteiger partial charge in [0.05, 0.1) is 6.10 Å². The maximum atomic E-state index is 11.8. The van der Waals surface area contributed by atoms with Gasteiger partial charge in [-0.3, -0.25) is 4.79 Å². The van der Waals surface area contributed by atoms with Crippen molar-refractivity contribution in [2.24, 2.45) is 0 Å². The number of amides is 1. The van der Waals surface area contributed by atoms with E-state index in [4.69, 9.17) is 0 Å². The van der Waals surface area contributed by atoms with Crippen LogP contribution in [0.4, 0.5) is 0 Å². The van der Waals surface area contributed by atoms with Crippen LogP contribution in [-0.4, -0.2) is 35.1 Å². The van der Waals surface area contributed by atoms with Gasteiger partial charge in [-0.2, -0.15) is 0 Å². The van der Waals surface area contributed by atoms with Crippen LogP contribution in [0.2, 0.25) is 0 Å². The highest BCUT2D eigenvalue weighted by molar-refractivity contribution is 9.10. The summed E-state index contributed by atoms with van der Waals surface area (Å²) in [5, 5.41) is 9.35. The van der Waals surface area contributed by atoms with Crippen LogP contribution < -0.4 is 0 Å². The Labute approximate surface area is 109 Å². The molecule has 4 heteroatoms. The maximum Gasteiger partial charge on any atom is 0.246 e. The first-order valence-electron chi connectivity index (χ1n) is 5.56. The maximum absolute atomic E-state index is 11.8. The Morgan fingerprint density at radius 3 is 2.88 bits per heavy atom. The summed E-state index contributed by atoms with van der Waals surface area (Å²) < 4.78 is 0.963. The van der Waals surface area contributed by atoms with Gasteiger partial charge < -0.3 is 10.0 Å². The minimum absolute atomic E-state index is 0.0442. The second-order valence-corrected chi connectivity index (χ2v) is 4.94. The number of carbonyl (C=O) groups is 1. The molecular formula is C13H14BrNO2. The average Bonchev–Trinajstić information content (AvgIpc) is 2.74. The summed E-state index contributed by atoms with van der Waals surface area (Å²) in [6.07, 6.45) is 3.65. The van der Waals surface area contributed by atoms with Crippen molar-refractivity contribution in [1.82, 2.24) is 4.90 Å². The number of benzene rings is 1. The number of carbonyl (C=O) groups excluding carboxylic acids is 1. The first-order valence-corrected chi connectivity index (χ1v) is 6.35. The molecule has 0 aromatic heterocycles. The van der Waals surface area contributed by atoms with Gasteiger partial charge in [-0.1, -0.05) is 34.1 Å². The van der Waals surface area contributed by atoms with Crippen molar-refractivity contribution in [1.29, 1.82) is 0 Å². The first-order chi connectivity index (χ1) is 8.16. The predicted molar refractivity (Wildman–Crippen MR) is 70.4 cm³/mol. The van der Waals surface area contributed by atoms with Crippen LogP contribution in [0.1, 0.15) is 12.0 Å². The molecule has 1 aromatic rings. The molecule has 1 aliphatic rings. The number of β-amino-alcohol motifs (C(OH)–C–C–N with tert-alkyl or cyclic N) is 1. The van der Waals surface area contributed by atoms with Gasteiger partial charge in [-0.15, -0.1) is 0 Å². The number of aliphatic hydroxyl groups is 1. The van der Waals surface area contributed by atoms with Crippen molar-refractivity contribution in [3.05, 3.63) is 40.4 Å². The second-order valence-electron chi connectivity index (χ2n) is 4.08. The van der Waals surface area contributed by atoms with Crippen LogP contribution in [0.15, 0.2) is 34.8 Å². The molecule has 1 unspecified atom stereocenters. The number of hydrogen-bond donors (Lipinski definition) is 1. The van der Waals surface area contributed by atoms with E-state index in [1.165, 1.54) is 0 Å². The van der Waals surface area contributed by atoms with Crippen molar-refractivity contribution < 1.29 is 9.90 Å². The smallest absolute Gasteiger partial charge is 0.246 e. The van der Waals surface area contributed by atoms with Gasteiger partial charge in [-0.25, -0.2) is 0 Å². The van der Waals surface area contributed by atoms with E-state index < -0.39 is 0 Å². The number of rotatable bonds is 2. The lowest BCUT2D eigenvalue weighted by molar-refractivity contribution is -0.125. The molecule has 1 heterocycles. The lowest BCUT2D eigenvalue weighted by Gasteiger charge is -2.12. The summed E-state index contributed by atoms with van der Waals surface area (Å²) in [4.78, 5) is 13.5. The van der Waals surface area contributed by atoms with Crippen LogP contribution in [-0.2, 0) is 4.79 Å². The Hall–Kier alpha value is -1.13. The molecule has 0 saturated carbocycles. The second kappa shape index (κ2) is 5.47. The minimum atomic E-state index is -0.365. The van der Waals surface area contributed by atoms with Gasteiger partial charge in [-0.05, 0) is 24.1 Å². The van der Waals surface area contributed by atoms with Crippen molar-refractivity contribution in [2.75, 3.05) is 13.1 Å². The third-order valence-corrected chi connectivity index (χ3v) is 3.51. The Morgan fingerprint density at radius 2 is 2.24 bits per heavy atom. The number of hydrogen-bond acceptors (Lipinski definition) is 2. The largest absolute Gasteiger partial charge is 0.391 e. The summed E-state index contributed by atoms with van der Waals surface area (Å²) in [6, 6.07) is 7.73. The van der Waals surface area contributed by atoms with E-state index in [9.17, 15) is 9.90 Å². The van der Waals surface area contributed by atoms with Crippen molar-refractivity contribution in [3.63, 3.8) is 0 Å². The molecule has 1 amide bonds. The number of halogens is 1. The molecule has 2 rings (SSSR count). The van der Waals surface area contributed by atoms with E-state index in [1.807, 2.05) is 24.3 Å². The molecular weight excluding hydrogens is 282 g/mol. The zero-order valence-corrected chi connectivity index (χ0v) is 10.9. The van der Waals surface area contributed by atoms with Gasteiger partial charge in [0.2, 0.25) is 5.91 Å². The molecule has 1 atom stereocenters. The quantitative estimate of drug-likeness (QED) is 0.849. The molecule has 0 bridgehead atoms. The van der Waals surface area contributed by atoms with Gasteiger partial charge in [0, 0.05) is 23.6 Å². The van der Waals surface area contributed by atoms with Crippen molar-refractivity contribution >= 4 is 27.9 Å². The van der Waals surface area contributed by atoms with Crippen molar-refractivity contribution in [2.45, 2.75) is 12.5 Å². The van der Waals surface area contributed by atoms with E-state index in [2.05, 4.69) is 15.9 Å².